The molecule has 1 aromatic rings. The maximum absolute atomic E-state index is 11.9. The zero-order chi connectivity index (χ0) is 11.5. The summed E-state index contributed by atoms with van der Waals surface area (Å²) >= 11 is 0. The molecule has 0 radical (unpaired) electrons. The molecule has 0 saturated carbocycles. The van der Waals surface area contributed by atoms with Gasteiger partial charge in [0, 0.05) is 0 Å². The normalized spacial score (nSPS) is 13.6. The molecule has 0 spiro atoms. The van der Waals surface area contributed by atoms with Crippen molar-refractivity contribution in [2.24, 2.45) is 0 Å². The number of rotatable bonds is 3. The van der Waals surface area contributed by atoms with Gasteiger partial charge in [-0.2, -0.15) is 13.2 Å². The fraction of sp³-hybridized carbons (Fsp3) is 0.429. The van der Waals surface area contributed by atoms with Crippen LogP contribution in [0.2, 0.25) is 0 Å². The molecule has 15 heavy (non-hydrogen) atoms. The second kappa shape index (κ2) is 4.30. The van der Waals surface area contributed by atoms with E-state index in [-0.39, 0.29) is 11.6 Å². The highest BCUT2D eigenvalue weighted by Crippen LogP contribution is 2.19. The third kappa shape index (κ3) is 3.58. The van der Waals surface area contributed by atoms with Gasteiger partial charge in [0.25, 0.3) is 0 Å². The number of halogens is 3. The number of nitrogens with two attached hydrogens (primary N) is 1. The SMILES string of the molecule is Nc1cnc(NCC(O)C(F)(F)F)cn1. The van der Waals surface area contributed by atoms with Gasteiger partial charge in [0.2, 0.25) is 0 Å². The Labute approximate surface area is 83.1 Å². The second-order valence-electron chi connectivity index (χ2n) is 2.76. The first-order valence-corrected chi connectivity index (χ1v) is 3.96. The van der Waals surface area contributed by atoms with E-state index in [4.69, 9.17) is 10.8 Å². The predicted molar refractivity (Wildman–Crippen MR) is 47.0 cm³/mol. The summed E-state index contributed by atoms with van der Waals surface area (Å²) in [5.74, 6) is 0.282. The maximum Gasteiger partial charge on any atom is 0.416 e. The van der Waals surface area contributed by atoms with Gasteiger partial charge in [-0.25, -0.2) is 9.97 Å². The number of nitrogens with zero attached hydrogens (tertiary/aromatic N) is 2. The number of hydrogen-bond donors (Lipinski definition) is 3. The average molecular weight is 222 g/mol. The van der Waals surface area contributed by atoms with E-state index >= 15 is 0 Å². The van der Waals surface area contributed by atoms with E-state index in [1.54, 1.807) is 0 Å². The summed E-state index contributed by atoms with van der Waals surface area (Å²) in [5, 5.41) is 10.9. The fourth-order valence-electron chi connectivity index (χ4n) is 0.746. The van der Waals surface area contributed by atoms with Crippen molar-refractivity contribution < 1.29 is 18.3 Å². The number of aliphatic hydroxyl groups excluding tert-OH is 1. The van der Waals surface area contributed by atoms with Crippen molar-refractivity contribution in [3.63, 3.8) is 0 Å². The molecule has 1 unspecified atom stereocenters. The highest BCUT2D eigenvalue weighted by Gasteiger charge is 2.37. The monoisotopic (exact) mass is 222 g/mol. The first-order valence-electron chi connectivity index (χ1n) is 3.96. The van der Waals surface area contributed by atoms with Crippen molar-refractivity contribution in [1.29, 1.82) is 0 Å². The number of alkyl halides is 3. The molecule has 1 aromatic heterocycles. The molecular weight excluding hydrogens is 213 g/mol. The molecule has 5 nitrogen and oxygen atoms in total. The molecule has 1 heterocycles. The zero-order valence-corrected chi connectivity index (χ0v) is 7.49. The van der Waals surface area contributed by atoms with E-state index in [1.807, 2.05) is 0 Å². The van der Waals surface area contributed by atoms with Crippen molar-refractivity contribution in [1.82, 2.24) is 9.97 Å². The Morgan fingerprint density at radius 1 is 1.40 bits per heavy atom. The van der Waals surface area contributed by atoms with Gasteiger partial charge in [0.15, 0.2) is 6.10 Å². The standard InChI is InChI=1S/C7H9F3N4O/c8-7(9,10)4(15)1-13-6-3-12-5(11)2-14-6/h2-4,15H,1H2,(H2,11,12)(H,13,14). The quantitative estimate of drug-likeness (QED) is 0.689. The van der Waals surface area contributed by atoms with Gasteiger partial charge in [0.05, 0.1) is 18.9 Å². The maximum atomic E-state index is 11.9. The fourth-order valence-corrected chi connectivity index (χ4v) is 0.746. The minimum Gasteiger partial charge on any atom is -0.382 e. The lowest BCUT2D eigenvalue weighted by Crippen LogP contribution is -2.35. The van der Waals surface area contributed by atoms with E-state index in [9.17, 15) is 13.2 Å². The Morgan fingerprint density at radius 2 is 2.07 bits per heavy atom. The largest absolute Gasteiger partial charge is 0.416 e. The molecule has 0 aliphatic rings. The first kappa shape index (κ1) is 11.5. The van der Waals surface area contributed by atoms with Gasteiger partial charge in [-0.1, -0.05) is 0 Å². The van der Waals surface area contributed by atoms with Gasteiger partial charge < -0.3 is 16.2 Å². The third-order valence-electron chi connectivity index (χ3n) is 1.53. The summed E-state index contributed by atoms with van der Waals surface area (Å²) in [6.45, 7) is -0.678. The molecule has 0 amide bonds. The molecule has 0 aromatic carbocycles. The lowest BCUT2D eigenvalue weighted by molar-refractivity contribution is -0.198. The van der Waals surface area contributed by atoms with E-state index in [0.29, 0.717) is 0 Å². The van der Waals surface area contributed by atoms with Crippen LogP contribution in [0, 0.1) is 0 Å². The molecule has 0 fully saturated rings. The summed E-state index contributed by atoms with van der Waals surface area (Å²) in [7, 11) is 0. The summed E-state index contributed by atoms with van der Waals surface area (Å²) in [4.78, 5) is 7.26. The van der Waals surface area contributed by atoms with Crippen molar-refractivity contribution in [2.75, 3.05) is 17.6 Å². The third-order valence-corrected chi connectivity index (χ3v) is 1.53. The lowest BCUT2D eigenvalue weighted by atomic mass is 10.3. The van der Waals surface area contributed by atoms with Crippen molar-refractivity contribution in [3.8, 4) is 0 Å². The van der Waals surface area contributed by atoms with Crippen LogP contribution in [0.1, 0.15) is 0 Å². The number of aromatic nitrogens is 2. The number of anilines is 2. The van der Waals surface area contributed by atoms with Crippen LogP contribution in [0.3, 0.4) is 0 Å². The summed E-state index contributed by atoms with van der Waals surface area (Å²) in [5.41, 5.74) is 5.22. The second-order valence-corrected chi connectivity index (χ2v) is 2.76. The van der Waals surface area contributed by atoms with Crippen molar-refractivity contribution in [3.05, 3.63) is 12.4 Å². The van der Waals surface area contributed by atoms with Crippen LogP contribution in [0.15, 0.2) is 12.4 Å². The highest BCUT2D eigenvalue weighted by molar-refractivity contribution is 5.35. The number of nitrogens with one attached hydrogen (secondary N) is 1. The lowest BCUT2D eigenvalue weighted by Gasteiger charge is -2.14. The van der Waals surface area contributed by atoms with Crippen LogP contribution >= 0.6 is 0 Å². The molecule has 8 heteroatoms. The van der Waals surface area contributed by atoms with E-state index in [0.717, 1.165) is 0 Å². The first-order chi connectivity index (χ1) is 6.89. The van der Waals surface area contributed by atoms with Crippen molar-refractivity contribution >= 4 is 11.6 Å². The number of hydrogen-bond acceptors (Lipinski definition) is 5. The van der Waals surface area contributed by atoms with Gasteiger partial charge in [-0.15, -0.1) is 0 Å². The molecule has 0 aliphatic heterocycles. The highest BCUT2D eigenvalue weighted by atomic mass is 19.4. The van der Waals surface area contributed by atoms with Crippen LogP contribution in [-0.4, -0.2) is 33.9 Å². The van der Waals surface area contributed by atoms with Gasteiger partial charge in [-0.3, -0.25) is 0 Å². The van der Waals surface area contributed by atoms with Crippen LogP contribution in [0.5, 0.6) is 0 Å². The Balaban J connectivity index is 2.47. The minimum absolute atomic E-state index is 0.118. The summed E-state index contributed by atoms with van der Waals surface area (Å²) < 4.78 is 35.6. The minimum atomic E-state index is -4.64. The van der Waals surface area contributed by atoms with Crippen LogP contribution in [-0.2, 0) is 0 Å². The molecule has 0 aliphatic carbocycles. The zero-order valence-electron chi connectivity index (χ0n) is 7.49. The molecule has 84 valence electrons. The summed E-state index contributed by atoms with van der Waals surface area (Å²) in [6.07, 6.45) is -4.70. The Bertz CT molecular complexity index is 313. The van der Waals surface area contributed by atoms with Crippen LogP contribution in [0.25, 0.3) is 0 Å². The van der Waals surface area contributed by atoms with Crippen LogP contribution in [0.4, 0.5) is 24.8 Å². The molecule has 0 bridgehead atoms. The van der Waals surface area contributed by atoms with Crippen molar-refractivity contribution in [2.45, 2.75) is 12.3 Å². The van der Waals surface area contributed by atoms with E-state index in [2.05, 4.69) is 15.3 Å². The topological polar surface area (TPSA) is 84.1 Å². The molecule has 1 atom stereocenters. The van der Waals surface area contributed by atoms with Gasteiger partial charge in [0.1, 0.15) is 11.6 Å². The predicted octanol–water partition coefficient (Wildman–Crippen LogP) is 0.394. The summed E-state index contributed by atoms with van der Waals surface area (Å²) in [6, 6.07) is 0. The number of aliphatic hydroxyl groups is 1. The van der Waals surface area contributed by atoms with E-state index in [1.165, 1.54) is 12.4 Å². The average Bonchev–Trinajstić information content (AvgIpc) is 2.15. The van der Waals surface area contributed by atoms with Gasteiger partial charge in [-0.05, 0) is 0 Å². The molecule has 1 rings (SSSR count). The molecular formula is C7H9F3N4O. The Morgan fingerprint density at radius 3 is 2.53 bits per heavy atom. The Kier molecular flexibility index (Phi) is 3.30. The molecule has 0 saturated heterocycles. The Hall–Kier alpha value is -1.57. The van der Waals surface area contributed by atoms with Crippen LogP contribution < -0.4 is 11.1 Å². The number of nitrogen functional groups attached to an aromatic ring is 1. The molecule has 4 N–H and O–H groups in total. The van der Waals surface area contributed by atoms with Gasteiger partial charge >= 0.3 is 6.18 Å². The van der Waals surface area contributed by atoms with E-state index < -0.39 is 18.8 Å². The smallest absolute Gasteiger partial charge is 0.382 e.